The molecule has 0 spiro atoms. The maximum atomic E-state index is 8.82. The molecule has 16 heavy (non-hydrogen) atoms. The van der Waals surface area contributed by atoms with Crippen LogP contribution in [-0.4, -0.2) is 28.8 Å². The zero-order valence-electron chi connectivity index (χ0n) is 9.10. The van der Waals surface area contributed by atoms with Crippen LogP contribution in [0.2, 0.25) is 0 Å². The van der Waals surface area contributed by atoms with Crippen molar-refractivity contribution in [3.63, 3.8) is 0 Å². The number of hydrogen-bond donors (Lipinski definition) is 2. The molecule has 1 aromatic carbocycles. The smallest absolute Gasteiger partial charge is 0.128 e. The number of aromatic amines is 1. The average molecular weight is 218 g/mol. The van der Waals surface area contributed by atoms with E-state index in [0.29, 0.717) is 6.42 Å². The van der Waals surface area contributed by atoms with Gasteiger partial charge in [0.15, 0.2) is 0 Å². The molecule has 2 aromatic rings. The van der Waals surface area contributed by atoms with E-state index in [-0.39, 0.29) is 6.61 Å². The number of benzene rings is 1. The summed E-state index contributed by atoms with van der Waals surface area (Å²) in [5, 5.41) is 8.82. The number of nitrogens with zero attached hydrogens (tertiary/aromatic N) is 1. The van der Waals surface area contributed by atoms with E-state index < -0.39 is 0 Å². The van der Waals surface area contributed by atoms with Crippen molar-refractivity contribution in [2.75, 3.05) is 13.7 Å². The molecule has 0 unspecified atom stereocenters. The van der Waals surface area contributed by atoms with Crippen LogP contribution >= 0.6 is 0 Å². The number of aliphatic hydroxyl groups excluding tert-OH is 1. The van der Waals surface area contributed by atoms with E-state index in [2.05, 4.69) is 9.97 Å². The quantitative estimate of drug-likeness (QED) is 0.819. The van der Waals surface area contributed by atoms with Crippen molar-refractivity contribution in [2.45, 2.75) is 6.42 Å². The molecule has 0 aliphatic rings. The Morgan fingerprint density at radius 2 is 2.19 bits per heavy atom. The molecule has 2 rings (SSSR count). The third kappa shape index (κ3) is 2.06. The number of aromatic nitrogens is 2. The maximum Gasteiger partial charge on any atom is 0.128 e. The molecule has 84 valence electrons. The minimum Gasteiger partial charge on any atom is -0.496 e. The van der Waals surface area contributed by atoms with Crippen molar-refractivity contribution < 1.29 is 9.84 Å². The molecule has 1 aromatic heterocycles. The van der Waals surface area contributed by atoms with Gasteiger partial charge in [-0.1, -0.05) is 12.1 Å². The predicted octanol–water partition coefficient (Wildman–Crippen LogP) is 1.62. The van der Waals surface area contributed by atoms with Gasteiger partial charge < -0.3 is 14.8 Å². The highest BCUT2D eigenvalue weighted by atomic mass is 16.5. The fraction of sp³-hybridized carbons (Fsp3) is 0.250. The number of rotatable bonds is 4. The van der Waals surface area contributed by atoms with Crippen LogP contribution in [-0.2, 0) is 6.42 Å². The second kappa shape index (κ2) is 4.81. The summed E-state index contributed by atoms with van der Waals surface area (Å²) in [6.45, 7) is 0.0961. The van der Waals surface area contributed by atoms with Crippen molar-refractivity contribution in [1.29, 1.82) is 0 Å². The lowest BCUT2D eigenvalue weighted by atomic mass is 10.1. The predicted molar refractivity (Wildman–Crippen MR) is 61.4 cm³/mol. The van der Waals surface area contributed by atoms with Gasteiger partial charge in [-0.15, -0.1) is 0 Å². The van der Waals surface area contributed by atoms with Crippen LogP contribution in [0, 0.1) is 0 Å². The number of aliphatic hydroxyl groups is 1. The summed E-state index contributed by atoms with van der Waals surface area (Å²) in [4.78, 5) is 7.34. The molecule has 0 aliphatic heterocycles. The van der Waals surface area contributed by atoms with Gasteiger partial charge in [-0.05, 0) is 12.1 Å². The highest BCUT2D eigenvalue weighted by Gasteiger charge is 2.07. The lowest BCUT2D eigenvalue weighted by Crippen LogP contribution is -1.92. The molecular weight excluding hydrogens is 204 g/mol. The van der Waals surface area contributed by atoms with Crippen LogP contribution in [0.15, 0.2) is 30.5 Å². The number of nitrogens with one attached hydrogen (secondary N) is 1. The largest absolute Gasteiger partial charge is 0.496 e. The average Bonchev–Trinajstić information content (AvgIpc) is 2.78. The molecule has 2 N–H and O–H groups in total. The Morgan fingerprint density at radius 1 is 1.38 bits per heavy atom. The molecule has 0 aliphatic carbocycles. The van der Waals surface area contributed by atoms with Gasteiger partial charge in [0.25, 0.3) is 0 Å². The summed E-state index contributed by atoms with van der Waals surface area (Å²) in [6.07, 6.45) is 2.29. The standard InChI is InChI=1S/C12H14N2O2/c1-16-11-5-3-2-4-9(11)10-8-13-12(14-10)6-7-15/h2-5,8,15H,6-7H2,1H3,(H,13,14). The molecule has 0 fully saturated rings. The second-order valence-electron chi connectivity index (χ2n) is 3.42. The molecule has 0 atom stereocenters. The summed E-state index contributed by atoms with van der Waals surface area (Å²) in [6, 6.07) is 7.74. The lowest BCUT2D eigenvalue weighted by Gasteiger charge is -2.05. The number of ether oxygens (including phenoxy) is 1. The van der Waals surface area contributed by atoms with E-state index in [4.69, 9.17) is 9.84 Å². The molecule has 0 radical (unpaired) electrons. The monoisotopic (exact) mass is 218 g/mol. The Kier molecular flexibility index (Phi) is 3.22. The van der Waals surface area contributed by atoms with Gasteiger partial charge >= 0.3 is 0 Å². The van der Waals surface area contributed by atoms with E-state index in [1.165, 1.54) is 0 Å². The van der Waals surface area contributed by atoms with E-state index in [0.717, 1.165) is 22.8 Å². The first-order chi connectivity index (χ1) is 7.85. The molecule has 1 heterocycles. The zero-order valence-corrected chi connectivity index (χ0v) is 9.10. The van der Waals surface area contributed by atoms with Gasteiger partial charge in [-0.3, -0.25) is 0 Å². The third-order valence-electron chi connectivity index (χ3n) is 2.37. The highest BCUT2D eigenvalue weighted by Crippen LogP contribution is 2.27. The van der Waals surface area contributed by atoms with Gasteiger partial charge in [0.2, 0.25) is 0 Å². The van der Waals surface area contributed by atoms with Gasteiger partial charge in [0.1, 0.15) is 11.6 Å². The van der Waals surface area contributed by atoms with Crippen LogP contribution in [0.1, 0.15) is 5.82 Å². The first kappa shape index (κ1) is 10.7. The highest BCUT2D eigenvalue weighted by molar-refractivity contribution is 5.66. The first-order valence-electron chi connectivity index (χ1n) is 5.13. The van der Waals surface area contributed by atoms with Gasteiger partial charge in [0, 0.05) is 12.0 Å². The summed E-state index contributed by atoms with van der Waals surface area (Å²) in [5.41, 5.74) is 1.88. The molecule has 0 saturated carbocycles. The number of methoxy groups -OCH3 is 1. The minimum absolute atomic E-state index is 0.0961. The molecule has 0 amide bonds. The maximum absolute atomic E-state index is 8.82. The Balaban J connectivity index is 2.34. The number of para-hydroxylation sites is 1. The summed E-state index contributed by atoms with van der Waals surface area (Å²) < 4.78 is 5.27. The van der Waals surface area contributed by atoms with Crippen LogP contribution in [0.5, 0.6) is 5.75 Å². The van der Waals surface area contributed by atoms with Crippen LogP contribution < -0.4 is 4.74 Å². The third-order valence-corrected chi connectivity index (χ3v) is 2.37. The van der Waals surface area contributed by atoms with Crippen LogP contribution in [0.4, 0.5) is 0 Å². The van der Waals surface area contributed by atoms with E-state index >= 15 is 0 Å². The number of H-pyrrole nitrogens is 1. The Hall–Kier alpha value is -1.81. The molecule has 4 nitrogen and oxygen atoms in total. The molecule has 4 heteroatoms. The first-order valence-corrected chi connectivity index (χ1v) is 5.13. The zero-order chi connectivity index (χ0) is 11.4. The van der Waals surface area contributed by atoms with Crippen molar-refractivity contribution in [2.24, 2.45) is 0 Å². The SMILES string of the molecule is COc1ccccc1-c1cnc(CCO)[nH]1. The van der Waals surface area contributed by atoms with Gasteiger partial charge in [-0.25, -0.2) is 4.98 Å². The number of hydrogen-bond acceptors (Lipinski definition) is 3. The molecular formula is C12H14N2O2. The van der Waals surface area contributed by atoms with Crippen molar-refractivity contribution in [1.82, 2.24) is 9.97 Å². The molecule has 0 bridgehead atoms. The molecule has 0 saturated heterocycles. The Morgan fingerprint density at radius 3 is 2.94 bits per heavy atom. The van der Waals surface area contributed by atoms with Crippen LogP contribution in [0.3, 0.4) is 0 Å². The van der Waals surface area contributed by atoms with Gasteiger partial charge in [-0.2, -0.15) is 0 Å². The van der Waals surface area contributed by atoms with Gasteiger partial charge in [0.05, 0.1) is 25.6 Å². The fourth-order valence-electron chi connectivity index (χ4n) is 1.60. The summed E-state index contributed by atoms with van der Waals surface area (Å²) >= 11 is 0. The summed E-state index contributed by atoms with van der Waals surface area (Å²) in [5.74, 6) is 1.59. The van der Waals surface area contributed by atoms with Crippen LogP contribution in [0.25, 0.3) is 11.3 Å². The summed E-state index contributed by atoms with van der Waals surface area (Å²) in [7, 11) is 1.64. The van der Waals surface area contributed by atoms with Crippen molar-refractivity contribution >= 4 is 0 Å². The Labute approximate surface area is 93.9 Å². The lowest BCUT2D eigenvalue weighted by molar-refractivity contribution is 0.297. The minimum atomic E-state index is 0.0961. The van der Waals surface area contributed by atoms with E-state index in [1.54, 1.807) is 13.3 Å². The number of imidazole rings is 1. The van der Waals surface area contributed by atoms with E-state index in [9.17, 15) is 0 Å². The second-order valence-corrected chi connectivity index (χ2v) is 3.42. The van der Waals surface area contributed by atoms with Crippen molar-refractivity contribution in [3.05, 3.63) is 36.3 Å². The van der Waals surface area contributed by atoms with Crippen molar-refractivity contribution in [3.8, 4) is 17.0 Å². The normalized spacial score (nSPS) is 10.4. The topological polar surface area (TPSA) is 58.1 Å². The Bertz CT molecular complexity index is 466. The fourth-order valence-corrected chi connectivity index (χ4v) is 1.60. The van der Waals surface area contributed by atoms with E-state index in [1.807, 2.05) is 24.3 Å².